The van der Waals surface area contributed by atoms with Crippen LogP contribution in [0.2, 0.25) is 0 Å². The number of nitrogens with zero attached hydrogens (tertiary/aromatic N) is 2. The fourth-order valence-corrected chi connectivity index (χ4v) is 4.02. The summed E-state index contributed by atoms with van der Waals surface area (Å²) in [6.07, 6.45) is 0. The van der Waals surface area contributed by atoms with Gasteiger partial charge in [-0.05, 0) is 42.0 Å². The number of anilines is 2. The number of ether oxygens (including phenoxy) is 1. The second-order valence-electron chi connectivity index (χ2n) is 6.97. The Kier molecular flexibility index (Phi) is 6.04. The van der Waals surface area contributed by atoms with Crippen molar-refractivity contribution in [2.75, 3.05) is 10.7 Å². The van der Waals surface area contributed by atoms with Gasteiger partial charge in [0.25, 0.3) is 5.24 Å². The molecule has 0 aliphatic carbocycles. The van der Waals surface area contributed by atoms with E-state index >= 15 is 0 Å². The van der Waals surface area contributed by atoms with Crippen molar-refractivity contribution in [2.24, 2.45) is 0 Å². The quantitative estimate of drug-likeness (QED) is 0.525. The molecule has 3 aromatic carbocycles. The second-order valence-corrected chi connectivity index (χ2v) is 7.89. The highest BCUT2D eigenvalue weighted by Gasteiger charge is 2.29. The van der Waals surface area contributed by atoms with Crippen LogP contribution in [0.4, 0.5) is 16.2 Å². The number of para-hydroxylation sites is 1. The molecule has 6 nitrogen and oxygen atoms in total. The second kappa shape index (κ2) is 9.06. The summed E-state index contributed by atoms with van der Waals surface area (Å²) in [6, 6.07) is 24.0. The average Bonchev–Trinajstić information content (AvgIpc) is 3.08. The fraction of sp³-hybridized carbons (Fsp3) is 0.125. The predicted octanol–water partition coefficient (Wildman–Crippen LogP) is 5.36. The third-order valence-corrected chi connectivity index (χ3v) is 5.60. The van der Waals surface area contributed by atoms with Crippen molar-refractivity contribution in [3.63, 3.8) is 0 Å². The van der Waals surface area contributed by atoms with Gasteiger partial charge in [-0.15, -0.1) is 0 Å². The molecule has 0 spiro atoms. The highest BCUT2D eigenvalue weighted by atomic mass is 32.2. The number of rotatable bonds is 6. The van der Waals surface area contributed by atoms with Crippen molar-refractivity contribution < 1.29 is 19.1 Å². The molecule has 3 amide bonds. The first-order valence-corrected chi connectivity index (χ1v) is 10.7. The Morgan fingerprint density at radius 3 is 2.29 bits per heavy atom. The molecule has 0 bridgehead atoms. The van der Waals surface area contributed by atoms with E-state index in [2.05, 4.69) is 0 Å². The summed E-state index contributed by atoms with van der Waals surface area (Å²) in [4.78, 5) is 38.9. The summed E-state index contributed by atoms with van der Waals surface area (Å²) in [5, 5.41) is -0.227. The summed E-state index contributed by atoms with van der Waals surface area (Å²) < 4.78 is 5.89. The van der Waals surface area contributed by atoms with Crippen molar-refractivity contribution in [2.45, 2.75) is 13.5 Å². The van der Waals surface area contributed by atoms with Gasteiger partial charge in [0.2, 0.25) is 11.8 Å². The number of carbonyl (C=O) groups excluding carboxylic acids is 3. The van der Waals surface area contributed by atoms with Gasteiger partial charge in [-0.25, -0.2) is 0 Å². The van der Waals surface area contributed by atoms with Crippen molar-refractivity contribution in [1.82, 2.24) is 4.90 Å². The minimum absolute atomic E-state index is 0.147. The normalized spacial score (nSPS) is 13.4. The van der Waals surface area contributed by atoms with Gasteiger partial charge in [-0.1, -0.05) is 48.2 Å². The van der Waals surface area contributed by atoms with Crippen LogP contribution in [-0.2, 0) is 16.1 Å². The van der Waals surface area contributed by atoms with Crippen LogP contribution in [0.1, 0.15) is 12.5 Å². The summed E-state index contributed by atoms with van der Waals surface area (Å²) in [5.74, 6) is 1.19. The Hall–Kier alpha value is -3.58. The smallest absolute Gasteiger partial charge is 0.289 e. The SMILES string of the molecule is CC(=O)N(c1ccc(CN2C(=O)CSC2=O)cc1)c1cccc(Oc2ccccc2)c1. The Bertz CT molecular complexity index is 1100. The van der Waals surface area contributed by atoms with E-state index in [4.69, 9.17) is 4.74 Å². The van der Waals surface area contributed by atoms with Crippen molar-refractivity contribution in [1.29, 1.82) is 0 Å². The van der Waals surface area contributed by atoms with E-state index in [1.165, 1.54) is 11.8 Å². The molecule has 0 saturated carbocycles. The monoisotopic (exact) mass is 432 g/mol. The first-order valence-electron chi connectivity index (χ1n) is 9.71. The van der Waals surface area contributed by atoms with E-state index < -0.39 is 0 Å². The highest BCUT2D eigenvalue weighted by Crippen LogP contribution is 2.31. The Balaban J connectivity index is 1.55. The molecule has 3 aromatic rings. The van der Waals surface area contributed by atoms with E-state index in [0.29, 0.717) is 22.9 Å². The Morgan fingerprint density at radius 2 is 1.65 bits per heavy atom. The molecule has 1 heterocycles. The predicted molar refractivity (Wildman–Crippen MR) is 121 cm³/mol. The molecule has 31 heavy (non-hydrogen) atoms. The minimum Gasteiger partial charge on any atom is -0.457 e. The molecule has 0 radical (unpaired) electrons. The molecule has 156 valence electrons. The Labute approximate surface area is 184 Å². The maximum Gasteiger partial charge on any atom is 0.289 e. The standard InChI is InChI=1S/C24H20N2O4S/c1-17(27)26(20-6-5-9-22(14-20)30-21-7-3-2-4-8-21)19-12-10-18(11-13-19)15-25-23(28)16-31-24(25)29/h2-14H,15-16H2,1H3. The maximum atomic E-state index is 12.4. The molecular formula is C24H20N2O4S. The largest absolute Gasteiger partial charge is 0.457 e. The van der Waals surface area contributed by atoms with Gasteiger partial charge < -0.3 is 4.74 Å². The van der Waals surface area contributed by atoms with Crippen LogP contribution in [0.5, 0.6) is 11.5 Å². The van der Waals surface area contributed by atoms with Crippen molar-refractivity contribution in [3.05, 3.63) is 84.4 Å². The van der Waals surface area contributed by atoms with Crippen LogP contribution >= 0.6 is 11.8 Å². The maximum absolute atomic E-state index is 12.4. The fourth-order valence-electron chi connectivity index (χ4n) is 3.29. The van der Waals surface area contributed by atoms with Crippen LogP contribution in [0.3, 0.4) is 0 Å². The van der Waals surface area contributed by atoms with Crippen LogP contribution < -0.4 is 9.64 Å². The lowest BCUT2D eigenvalue weighted by Crippen LogP contribution is -2.28. The third-order valence-electron chi connectivity index (χ3n) is 4.75. The first-order chi connectivity index (χ1) is 15.0. The van der Waals surface area contributed by atoms with Gasteiger partial charge in [-0.3, -0.25) is 24.2 Å². The zero-order chi connectivity index (χ0) is 21.8. The molecule has 7 heteroatoms. The van der Waals surface area contributed by atoms with E-state index in [9.17, 15) is 14.4 Å². The molecule has 0 unspecified atom stereocenters. The summed E-state index contributed by atoms with van der Waals surface area (Å²) in [6.45, 7) is 1.73. The van der Waals surface area contributed by atoms with Gasteiger partial charge >= 0.3 is 0 Å². The van der Waals surface area contributed by atoms with E-state index in [-0.39, 0.29) is 29.4 Å². The van der Waals surface area contributed by atoms with E-state index in [1.54, 1.807) is 23.1 Å². The molecule has 0 N–H and O–H groups in total. The molecular weight excluding hydrogens is 412 g/mol. The highest BCUT2D eigenvalue weighted by molar-refractivity contribution is 8.14. The minimum atomic E-state index is -0.227. The molecule has 0 atom stereocenters. The van der Waals surface area contributed by atoms with Crippen molar-refractivity contribution >= 4 is 40.2 Å². The molecule has 4 rings (SSSR count). The van der Waals surface area contributed by atoms with Gasteiger partial charge in [0.15, 0.2) is 0 Å². The molecule has 1 fully saturated rings. The summed E-state index contributed by atoms with van der Waals surface area (Å²) in [5.41, 5.74) is 2.18. The zero-order valence-corrected chi connectivity index (χ0v) is 17.7. The van der Waals surface area contributed by atoms with Crippen LogP contribution in [0, 0.1) is 0 Å². The van der Waals surface area contributed by atoms with Crippen LogP contribution in [0.15, 0.2) is 78.9 Å². The lowest BCUT2D eigenvalue weighted by molar-refractivity contribution is -0.125. The van der Waals surface area contributed by atoms with Gasteiger partial charge in [0.1, 0.15) is 11.5 Å². The van der Waals surface area contributed by atoms with Gasteiger partial charge in [0, 0.05) is 18.7 Å². The number of thioether (sulfide) groups is 1. The van der Waals surface area contributed by atoms with Crippen molar-refractivity contribution in [3.8, 4) is 11.5 Å². The number of benzene rings is 3. The number of hydrogen-bond donors (Lipinski definition) is 0. The van der Waals surface area contributed by atoms with Gasteiger partial charge in [0.05, 0.1) is 18.0 Å². The summed E-state index contributed by atoms with van der Waals surface area (Å²) in [7, 11) is 0. The van der Waals surface area contributed by atoms with Crippen LogP contribution in [-0.4, -0.2) is 27.7 Å². The molecule has 1 aliphatic rings. The lowest BCUT2D eigenvalue weighted by Gasteiger charge is -2.22. The molecule has 1 saturated heterocycles. The third kappa shape index (κ3) is 4.78. The van der Waals surface area contributed by atoms with E-state index in [0.717, 1.165) is 17.3 Å². The topological polar surface area (TPSA) is 66.9 Å². The summed E-state index contributed by atoms with van der Waals surface area (Å²) >= 11 is 1.02. The van der Waals surface area contributed by atoms with Crippen LogP contribution in [0.25, 0.3) is 0 Å². The number of amides is 3. The first kappa shape index (κ1) is 20.7. The Morgan fingerprint density at radius 1 is 0.935 bits per heavy atom. The number of imide groups is 1. The van der Waals surface area contributed by atoms with Gasteiger partial charge in [-0.2, -0.15) is 0 Å². The van der Waals surface area contributed by atoms with E-state index in [1.807, 2.05) is 60.7 Å². The number of carbonyl (C=O) groups is 3. The molecule has 1 aliphatic heterocycles. The average molecular weight is 433 g/mol. The number of hydrogen-bond acceptors (Lipinski definition) is 5. The molecule has 0 aromatic heterocycles. The zero-order valence-electron chi connectivity index (χ0n) is 16.9. The lowest BCUT2D eigenvalue weighted by atomic mass is 10.1.